The first-order chi connectivity index (χ1) is 18.5. The van der Waals surface area contributed by atoms with Crippen molar-refractivity contribution in [2.24, 2.45) is 0 Å². The fourth-order valence-electron chi connectivity index (χ4n) is 4.66. The van der Waals surface area contributed by atoms with E-state index in [1.165, 1.54) is 17.8 Å². The van der Waals surface area contributed by atoms with Crippen molar-refractivity contribution in [3.63, 3.8) is 0 Å². The number of halogens is 5. The number of nitrogens with zero attached hydrogens (tertiary/aromatic N) is 5. The quantitative estimate of drug-likeness (QED) is 0.323. The maximum absolute atomic E-state index is 13.9. The smallest absolute Gasteiger partial charge is 0.394 e. The van der Waals surface area contributed by atoms with Gasteiger partial charge in [-0.2, -0.15) is 23.4 Å². The molecule has 5 atom stereocenters. The summed E-state index contributed by atoms with van der Waals surface area (Å²) in [6, 6.07) is 8.82. The van der Waals surface area contributed by atoms with E-state index >= 15 is 0 Å². The van der Waals surface area contributed by atoms with Crippen LogP contribution in [-0.2, 0) is 10.9 Å². The van der Waals surface area contributed by atoms with E-state index in [0.29, 0.717) is 10.6 Å². The molecule has 2 aromatic carbocycles. The summed E-state index contributed by atoms with van der Waals surface area (Å²) in [5.74, 6) is -0.0789. The van der Waals surface area contributed by atoms with Crippen LogP contribution in [0, 0.1) is 6.92 Å². The molecule has 9 nitrogen and oxygen atoms in total. The van der Waals surface area contributed by atoms with Gasteiger partial charge in [0.25, 0.3) is 0 Å². The fraction of sp³-hybridized carbons (Fsp3) is 0.320. The third-order valence-corrected chi connectivity index (χ3v) is 6.91. The molecule has 0 saturated carbocycles. The Bertz CT molecular complexity index is 1490. The first-order valence-corrected chi connectivity index (χ1v) is 12.5. The summed E-state index contributed by atoms with van der Waals surface area (Å²) in [6.45, 7) is 0.815. The highest BCUT2D eigenvalue weighted by Gasteiger charge is 2.48. The Balaban J connectivity index is 1.58. The van der Waals surface area contributed by atoms with Crippen molar-refractivity contribution in [2.45, 2.75) is 43.6 Å². The molecular formula is C25H22Cl2F3N5O4. The van der Waals surface area contributed by atoms with Crippen molar-refractivity contribution >= 4 is 23.2 Å². The molecule has 0 radical (unpaired) electrons. The minimum absolute atomic E-state index is 0.0221. The van der Waals surface area contributed by atoms with E-state index in [9.17, 15) is 28.5 Å². The molecule has 0 spiro atoms. The van der Waals surface area contributed by atoms with Crippen LogP contribution in [0.3, 0.4) is 0 Å². The molecule has 1 aliphatic heterocycles. The normalized spacial score (nSPS) is 23.8. The maximum atomic E-state index is 13.9. The van der Waals surface area contributed by atoms with Gasteiger partial charge in [-0.25, -0.2) is 9.67 Å². The second-order valence-electron chi connectivity index (χ2n) is 9.06. The summed E-state index contributed by atoms with van der Waals surface area (Å²) in [5, 5.41) is 41.3. The second-order valence-corrected chi connectivity index (χ2v) is 9.93. The van der Waals surface area contributed by atoms with Gasteiger partial charge in [-0.05, 0) is 42.8 Å². The van der Waals surface area contributed by atoms with Gasteiger partial charge in [0.2, 0.25) is 0 Å². The molecule has 206 valence electrons. The molecule has 2 unspecified atom stereocenters. The number of alkyl halides is 3. The van der Waals surface area contributed by atoms with Crippen LogP contribution in [-0.4, -0.2) is 64.8 Å². The molecule has 39 heavy (non-hydrogen) atoms. The topological polar surface area (TPSA) is 118 Å². The molecular weight excluding hydrogens is 562 g/mol. The third-order valence-electron chi connectivity index (χ3n) is 6.44. The number of hydrogen-bond donors (Lipinski definition) is 3. The lowest BCUT2D eigenvalue weighted by atomic mass is 9.92. The van der Waals surface area contributed by atoms with Gasteiger partial charge in [0.15, 0.2) is 5.82 Å². The number of rotatable bonds is 5. The van der Waals surface area contributed by atoms with Crippen molar-refractivity contribution < 1.29 is 33.2 Å². The largest absolute Gasteiger partial charge is 0.418 e. The first-order valence-electron chi connectivity index (χ1n) is 11.7. The lowest BCUT2D eigenvalue weighted by Gasteiger charge is -2.42. The van der Waals surface area contributed by atoms with Crippen LogP contribution < -0.4 is 0 Å². The van der Waals surface area contributed by atoms with Gasteiger partial charge in [0, 0.05) is 21.8 Å². The lowest BCUT2D eigenvalue weighted by Crippen LogP contribution is -2.53. The van der Waals surface area contributed by atoms with Crippen molar-refractivity contribution in [2.75, 3.05) is 6.61 Å². The Labute approximate surface area is 230 Å². The van der Waals surface area contributed by atoms with E-state index in [2.05, 4.69) is 15.2 Å². The van der Waals surface area contributed by atoms with Gasteiger partial charge >= 0.3 is 6.18 Å². The average Bonchev–Trinajstić information content (AvgIpc) is 3.51. The van der Waals surface area contributed by atoms with E-state index in [4.69, 9.17) is 27.9 Å². The summed E-state index contributed by atoms with van der Waals surface area (Å²) in [7, 11) is 0. The van der Waals surface area contributed by atoms with Crippen molar-refractivity contribution in [3.05, 3.63) is 82.1 Å². The standard InChI is InChI=1S/C25H22Cl2F3N5O4/c1-12-32-24(35(33-12)18-8-16(27)5-6-17(18)25(28,29)30)23-22(38)20(21(37)19(11-36)39-23)34-10-14(9-31-34)13-3-2-4-15(26)7-13/h2-10,19-23,36-38H,11H2,1H3/t19?,20?,21-,22-,23+/m0/s1. The monoisotopic (exact) mass is 583 g/mol. The Morgan fingerprint density at radius 3 is 2.46 bits per heavy atom. The highest BCUT2D eigenvalue weighted by molar-refractivity contribution is 6.31. The van der Waals surface area contributed by atoms with Crippen LogP contribution in [0.25, 0.3) is 16.8 Å². The molecule has 4 aromatic rings. The average molecular weight is 584 g/mol. The molecule has 1 aliphatic rings. The van der Waals surface area contributed by atoms with Gasteiger partial charge in [-0.1, -0.05) is 35.3 Å². The lowest BCUT2D eigenvalue weighted by molar-refractivity contribution is -0.210. The highest BCUT2D eigenvalue weighted by Crippen LogP contribution is 2.41. The number of aliphatic hydroxyl groups excluding tert-OH is 3. The summed E-state index contributed by atoms with van der Waals surface area (Å²) in [5.41, 5.74) is -0.0897. The molecule has 1 fully saturated rings. The minimum Gasteiger partial charge on any atom is -0.394 e. The van der Waals surface area contributed by atoms with Gasteiger partial charge in [-0.3, -0.25) is 4.68 Å². The van der Waals surface area contributed by atoms with E-state index < -0.39 is 54.5 Å². The molecule has 5 rings (SSSR count). The van der Waals surface area contributed by atoms with Crippen LogP contribution in [0.5, 0.6) is 0 Å². The zero-order valence-corrected chi connectivity index (χ0v) is 21.7. The van der Waals surface area contributed by atoms with E-state index in [1.807, 2.05) is 0 Å². The van der Waals surface area contributed by atoms with Gasteiger partial charge in [0.05, 0.1) is 24.1 Å². The first kappa shape index (κ1) is 27.6. The predicted octanol–water partition coefficient (Wildman–Crippen LogP) is 4.16. The fourth-order valence-corrected chi connectivity index (χ4v) is 5.02. The highest BCUT2D eigenvalue weighted by atomic mass is 35.5. The van der Waals surface area contributed by atoms with E-state index in [1.54, 1.807) is 30.5 Å². The third kappa shape index (κ3) is 5.28. The number of benzene rings is 2. The zero-order chi connectivity index (χ0) is 28.1. The molecule has 1 saturated heterocycles. The van der Waals surface area contributed by atoms with Crippen LogP contribution in [0.2, 0.25) is 10.0 Å². The van der Waals surface area contributed by atoms with Gasteiger partial charge in [-0.15, -0.1) is 0 Å². The number of aliphatic hydroxyl groups is 3. The summed E-state index contributed by atoms with van der Waals surface area (Å²) in [6.07, 6.45) is -7.29. The van der Waals surface area contributed by atoms with Crippen LogP contribution >= 0.6 is 23.2 Å². The number of aromatic nitrogens is 5. The van der Waals surface area contributed by atoms with E-state index in [0.717, 1.165) is 28.4 Å². The van der Waals surface area contributed by atoms with Gasteiger partial charge < -0.3 is 20.1 Å². The molecule has 2 aromatic heterocycles. The summed E-state index contributed by atoms with van der Waals surface area (Å²) < 4.78 is 49.6. The van der Waals surface area contributed by atoms with Crippen molar-refractivity contribution in [3.8, 4) is 16.8 Å². The van der Waals surface area contributed by atoms with E-state index in [-0.39, 0.29) is 16.7 Å². The van der Waals surface area contributed by atoms with Crippen LogP contribution in [0.15, 0.2) is 54.9 Å². The molecule has 0 bridgehead atoms. The molecule has 0 amide bonds. The van der Waals surface area contributed by atoms with Crippen LogP contribution in [0.1, 0.15) is 29.4 Å². The molecule has 14 heteroatoms. The number of ether oxygens (including phenoxy) is 1. The van der Waals surface area contributed by atoms with Crippen molar-refractivity contribution in [1.82, 2.24) is 24.5 Å². The summed E-state index contributed by atoms with van der Waals surface area (Å²) >= 11 is 12.1. The molecule has 0 aliphatic carbocycles. The molecule has 3 N–H and O–H groups in total. The predicted molar refractivity (Wildman–Crippen MR) is 135 cm³/mol. The van der Waals surface area contributed by atoms with Crippen LogP contribution in [0.4, 0.5) is 13.2 Å². The zero-order valence-electron chi connectivity index (χ0n) is 20.2. The SMILES string of the molecule is Cc1nc([C@@H]2OC(CO)[C@H](O)C(n3cc(-c4cccc(Cl)c4)cn3)[C@@H]2O)n(-c2cc(Cl)ccc2C(F)(F)F)n1. The Hall–Kier alpha value is -3.00. The Morgan fingerprint density at radius 2 is 1.77 bits per heavy atom. The Morgan fingerprint density at radius 1 is 1.03 bits per heavy atom. The summed E-state index contributed by atoms with van der Waals surface area (Å²) in [4.78, 5) is 4.25. The van der Waals surface area contributed by atoms with Gasteiger partial charge in [0.1, 0.15) is 36.3 Å². The number of hydrogen-bond acceptors (Lipinski definition) is 7. The number of aryl methyl sites for hydroxylation is 1. The minimum atomic E-state index is -4.75. The maximum Gasteiger partial charge on any atom is 0.418 e. The van der Waals surface area contributed by atoms with Crippen molar-refractivity contribution in [1.29, 1.82) is 0 Å². The molecule has 3 heterocycles. The Kier molecular flexibility index (Phi) is 7.44. The second kappa shape index (κ2) is 10.5.